The van der Waals surface area contributed by atoms with Gasteiger partial charge in [0, 0.05) is 23.0 Å². The maximum Gasteiger partial charge on any atom is 0.0721 e. The van der Waals surface area contributed by atoms with Crippen molar-refractivity contribution in [1.82, 2.24) is 4.98 Å². The molecule has 0 aliphatic carbocycles. The molecule has 0 amide bonds. The van der Waals surface area contributed by atoms with E-state index in [0.717, 1.165) is 16.3 Å². The fourth-order valence-electron chi connectivity index (χ4n) is 1.62. The van der Waals surface area contributed by atoms with Gasteiger partial charge in [-0.15, -0.1) is 0 Å². The normalized spacial score (nSPS) is 10.9. The molecule has 0 aliphatic rings. The van der Waals surface area contributed by atoms with Crippen LogP contribution < -0.4 is 0 Å². The van der Waals surface area contributed by atoms with Crippen molar-refractivity contribution >= 4 is 21.7 Å². The van der Waals surface area contributed by atoms with Crippen LogP contribution in [-0.2, 0) is 0 Å². The van der Waals surface area contributed by atoms with Gasteiger partial charge in [0.1, 0.15) is 0 Å². The van der Waals surface area contributed by atoms with Crippen LogP contribution in [0.3, 0.4) is 0 Å². The molecule has 1 nitrogen and oxygen atoms in total. The van der Waals surface area contributed by atoms with Crippen molar-refractivity contribution in [3.8, 4) is 0 Å². The van der Waals surface area contributed by atoms with E-state index in [1.807, 2.05) is 30.5 Å². The van der Waals surface area contributed by atoms with E-state index in [4.69, 9.17) is 0 Å². The summed E-state index contributed by atoms with van der Waals surface area (Å²) in [5, 5.41) is 3.32. The second kappa shape index (κ2) is 2.81. The fraction of sp³-hybridized carbons (Fsp3) is 0. The molecule has 63 valence electrons. The SMILES string of the molecule is [c]1[c]cc2ncc3ccccc3c2[c]1. The molecule has 0 saturated carbocycles. The molecule has 3 rings (SSSR count). The van der Waals surface area contributed by atoms with Crippen LogP contribution in [0.1, 0.15) is 0 Å². The van der Waals surface area contributed by atoms with E-state index in [0.29, 0.717) is 0 Å². The number of benzene rings is 2. The molecule has 0 saturated heterocycles. The number of hydrogen-bond acceptors (Lipinski definition) is 1. The standard InChI is InChI=1S/C13H6N/c1-2-6-11-10(5-1)9-14-13-8-4-3-7-12(11)13/h1-2,5-6,8-9H. The Balaban J connectivity index is 2.61. The molecular weight excluding hydrogens is 170 g/mol. The first kappa shape index (κ1) is 7.51. The number of fused-ring (bicyclic) bond motifs is 3. The highest BCUT2D eigenvalue weighted by Gasteiger charge is 1.99. The summed E-state index contributed by atoms with van der Waals surface area (Å²) in [7, 11) is 0. The maximum atomic E-state index is 4.33. The Morgan fingerprint density at radius 1 is 1.14 bits per heavy atom. The van der Waals surface area contributed by atoms with Gasteiger partial charge < -0.3 is 0 Å². The monoisotopic (exact) mass is 176 g/mol. The van der Waals surface area contributed by atoms with Crippen LogP contribution in [0.5, 0.6) is 0 Å². The van der Waals surface area contributed by atoms with Crippen LogP contribution in [0.15, 0.2) is 36.5 Å². The van der Waals surface area contributed by atoms with E-state index in [2.05, 4.69) is 29.2 Å². The molecule has 0 spiro atoms. The average Bonchev–Trinajstić information content (AvgIpc) is 2.29. The molecule has 1 heteroatoms. The lowest BCUT2D eigenvalue weighted by Gasteiger charge is -2.00. The largest absolute Gasteiger partial charge is 0.256 e. The summed E-state index contributed by atoms with van der Waals surface area (Å²) in [6.45, 7) is 0. The number of pyridine rings is 1. The van der Waals surface area contributed by atoms with Gasteiger partial charge in [0.2, 0.25) is 0 Å². The van der Waals surface area contributed by atoms with Crippen molar-refractivity contribution in [3.05, 3.63) is 54.7 Å². The third-order valence-electron chi connectivity index (χ3n) is 2.30. The zero-order chi connectivity index (χ0) is 9.38. The van der Waals surface area contributed by atoms with Gasteiger partial charge in [0.05, 0.1) is 5.52 Å². The zero-order valence-electron chi connectivity index (χ0n) is 7.41. The molecule has 0 bridgehead atoms. The predicted molar refractivity (Wildman–Crippen MR) is 55.8 cm³/mol. The first-order chi connectivity index (χ1) is 6.95. The minimum atomic E-state index is 0.919. The maximum absolute atomic E-state index is 4.33. The Labute approximate surface area is 82.0 Å². The van der Waals surface area contributed by atoms with Gasteiger partial charge in [-0.25, -0.2) is 0 Å². The summed E-state index contributed by atoms with van der Waals surface area (Å²) in [6.07, 6.45) is 1.87. The molecule has 1 heterocycles. The van der Waals surface area contributed by atoms with Crippen LogP contribution in [-0.4, -0.2) is 4.98 Å². The topological polar surface area (TPSA) is 12.9 Å². The summed E-state index contributed by atoms with van der Waals surface area (Å²) < 4.78 is 0. The minimum Gasteiger partial charge on any atom is -0.256 e. The molecule has 3 radical (unpaired) electrons. The van der Waals surface area contributed by atoms with E-state index < -0.39 is 0 Å². The zero-order valence-corrected chi connectivity index (χ0v) is 7.41. The van der Waals surface area contributed by atoms with Crippen molar-refractivity contribution in [1.29, 1.82) is 0 Å². The highest BCUT2D eigenvalue weighted by Crippen LogP contribution is 2.21. The molecule has 3 aromatic rings. The molecule has 0 N–H and O–H groups in total. The Morgan fingerprint density at radius 3 is 3.07 bits per heavy atom. The Hall–Kier alpha value is -1.89. The van der Waals surface area contributed by atoms with Crippen LogP contribution >= 0.6 is 0 Å². The molecular formula is C13H6N. The smallest absolute Gasteiger partial charge is 0.0721 e. The molecule has 1 aromatic heterocycles. The molecule has 2 aromatic carbocycles. The quantitative estimate of drug-likeness (QED) is 0.480. The highest BCUT2D eigenvalue weighted by molar-refractivity contribution is 6.04. The molecule has 0 unspecified atom stereocenters. The van der Waals surface area contributed by atoms with Crippen LogP contribution in [0.4, 0.5) is 0 Å². The lowest BCUT2D eigenvalue weighted by molar-refractivity contribution is 1.44. The van der Waals surface area contributed by atoms with Gasteiger partial charge in [-0.2, -0.15) is 0 Å². The molecule has 14 heavy (non-hydrogen) atoms. The Morgan fingerprint density at radius 2 is 2.07 bits per heavy atom. The second-order valence-corrected chi connectivity index (χ2v) is 3.14. The van der Waals surface area contributed by atoms with Gasteiger partial charge in [-0.1, -0.05) is 24.3 Å². The van der Waals surface area contributed by atoms with Crippen LogP contribution in [0, 0.1) is 18.2 Å². The second-order valence-electron chi connectivity index (χ2n) is 3.14. The van der Waals surface area contributed by atoms with Crippen LogP contribution in [0.25, 0.3) is 21.7 Å². The Bertz CT molecular complexity index is 544. The van der Waals surface area contributed by atoms with E-state index in [9.17, 15) is 0 Å². The lowest BCUT2D eigenvalue weighted by Crippen LogP contribution is -1.81. The fourth-order valence-corrected chi connectivity index (χ4v) is 1.62. The molecule has 0 aliphatic heterocycles. The van der Waals surface area contributed by atoms with E-state index >= 15 is 0 Å². The average molecular weight is 176 g/mol. The number of hydrogen-bond donors (Lipinski definition) is 0. The first-order valence-electron chi connectivity index (χ1n) is 4.43. The van der Waals surface area contributed by atoms with Gasteiger partial charge >= 0.3 is 0 Å². The predicted octanol–water partition coefficient (Wildman–Crippen LogP) is 2.79. The van der Waals surface area contributed by atoms with Gasteiger partial charge in [-0.05, 0) is 23.6 Å². The van der Waals surface area contributed by atoms with Gasteiger partial charge in [0.25, 0.3) is 0 Å². The summed E-state index contributed by atoms with van der Waals surface area (Å²) >= 11 is 0. The highest BCUT2D eigenvalue weighted by atomic mass is 14.6. The third-order valence-corrected chi connectivity index (χ3v) is 2.30. The number of aromatic nitrogens is 1. The van der Waals surface area contributed by atoms with Crippen molar-refractivity contribution < 1.29 is 0 Å². The third kappa shape index (κ3) is 0.990. The van der Waals surface area contributed by atoms with Crippen molar-refractivity contribution in [3.63, 3.8) is 0 Å². The summed E-state index contributed by atoms with van der Waals surface area (Å²) in [4.78, 5) is 4.33. The summed E-state index contributed by atoms with van der Waals surface area (Å²) in [6, 6.07) is 18.7. The summed E-state index contributed by atoms with van der Waals surface area (Å²) in [5.41, 5.74) is 0.919. The Kier molecular flexibility index (Phi) is 1.51. The van der Waals surface area contributed by atoms with Crippen molar-refractivity contribution in [2.24, 2.45) is 0 Å². The van der Waals surface area contributed by atoms with Crippen molar-refractivity contribution in [2.45, 2.75) is 0 Å². The molecule has 0 atom stereocenters. The van der Waals surface area contributed by atoms with Gasteiger partial charge in [0.15, 0.2) is 0 Å². The molecule has 0 fully saturated rings. The number of rotatable bonds is 0. The van der Waals surface area contributed by atoms with E-state index in [1.165, 1.54) is 5.39 Å². The lowest BCUT2D eigenvalue weighted by atomic mass is 10.1. The van der Waals surface area contributed by atoms with Crippen molar-refractivity contribution in [2.75, 3.05) is 0 Å². The van der Waals surface area contributed by atoms with Crippen LogP contribution in [0.2, 0.25) is 0 Å². The van der Waals surface area contributed by atoms with Gasteiger partial charge in [-0.3, -0.25) is 4.98 Å². The number of nitrogens with zero attached hydrogens (tertiary/aromatic N) is 1. The summed E-state index contributed by atoms with van der Waals surface area (Å²) in [5.74, 6) is 0. The van der Waals surface area contributed by atoms with E-state index in [-0.39, 0.29) is 0 Å². The van der Waals surface area contributed by atoms with E-state index in [1.54, 1.807) is 0 Å². The minimum absolute atomic E-state index is 0.919. The first-order valence-corrected chi connectivity index (χ1v) is 4.43.